The second kappa shape index (κ2) is 13.4. The van der Waals surface area contributed by atoms with Gasteiger partial charge in [-0.25, -0.2) is 14.4 Å². The first-order chi connectivity index (χ1) is 21.0. The molecule has 3 aromatic carbocycles. The molecule has 0 saturated carbocycles. The van der Waals surface area contributed by atoms with E-state index in [1.54, 1.807) is 34.6 Å². The van der Waals surface area contributed by atoms with Crippen molar-refractivity contribution in [2.75, 3.05) is 20.3 Å². The van der Waals surface area contributed by atoms with Crippen molar-refractivity contribution in [2.24, 2.45) is 0 Å². The lowest BCUT2D eigenvalue weighted by molar-refractivity contribution is 0.00904. The van der Waals surface area contributed by atoms with Crippen LogP contribution in [0.15, 0.2) is 6.07 Å². The van der Waals surface area contributed by atoms with Gasteiger partial charge in [0, 0.05) is 16.7 Å². The molecule has 3 rings (SSSR count). The van der Waals surface area contributed by atoms with E-state index in [2.05, 4.69) is 0 Å². The molecule has 45 heavy (non-hydrogen) atoms. The first kappa shape index (κ1) is 34.7. The van der Waals surface area contributed by atoms with E-state index in [0.717, 1.165) is 0 Å². The Morgan fingerprint density at radius 3 is 1.67 bits per heavy atom. The number of aliphatic hydroxyl groups is 2. The summed E-state index contributed by atoms with van der Waals surface area (Å²) in [6, 6.07) is 1.34. The van der Waals surface area contributed by atoms with Gasteiger partial charge in [-0.3, -0.25) is 0 Å². The molecule has 0 saturated heterocycles. The van der Waals surface area contributed by atoms with Gasteiger partial charge in [0.1, 0.15) is 63.9 Å². The van der Waals surface area contributed by atoms with Gasteiger partial charge in [-0.2, -0.15) is 0 Å². The molecule has 0 fully saturated rings. The quantitative estimate of drug-likeness (QED) is 0.168. The predicted octanol–water partition coefficient (Wildman–Crippen LogP) is 4.23. The summed E-state index contributed by atoms with van der Waals surface area (Å²) >= 11 is 0. The molecule has 12 nitrogen and oxygen atoms in total. The molecule has 5 N–H and O–H groups in total. The molecule has 3 aromatic rings. The molecule has 242 valence electrons. The van der Waals surface area contributed by atoms with E-state index in [9.17, 15) is 34.8 Å². The zero-order valence-corrected chi connectivity index (χ0v) is 26.7. The van der Waals surface area contributed by atoms with Crippen molar-refractivity contribution in [3.8, 4) is 34.5 Å². The number of ether oxygens (including phenoxy) is 4. The first-order valence-electron chi connectivity index (χ1n) is 13.9. The van der Waals surface area contributed by atoms with Crippen LogP contribution in [0, 0.1) is 55.4 Å². The molecular weight excluding hydrogens is 588 g/mol. The number of aryl methyl sites for hydroxylation is 1. The number of carbonyl (C=O) groups is 3. The predicted molar refractivity (Wildman–Crippen MR) is 162 cm³/mol. The Bertz CT molecular complexity index is 1670. The summed E-state index contributed by atoms with van der Waals surface area (Å²) in [5.74, 6) is -3.55. The molecule has 0 bridgehead atoms. The highest BCUT2D eigenvalue weighted by atomic mass is 16.6. The smallest absolute Gasteiger partial charge is 0.347 e. The van der Waals surface area contributed by atoms with Crippen molar-refractivity contribution in [2.45, 2.75) is 61.5 Å². The largest absolute Gasteiger partial charge is 0.508 e. The Kier molecular flexibility index (Phi) is 10.4. The minimum absolute atomic E-state index is 0.00265. The van der Waals surface area contributed by atoms with Crippen LogP contribution in [0.25, 0.3) is 0 Å². The summed E-state index contributed by atoms with van der Waals surface area (Å²) in [6.07, 6.45) is -1.29. The van der Waals surface area contributed by atoms with E-state index in [4.69, 9.17) is 24.1 Å². The first-order valence-corrected chi connectivity index (χ1v) is 13.9. The van der Waals surface area contributed by atoms with Crippen molar-refractivity contribution >= 4 is 17.9 Å². The minimum atomic E-state index is -1.29. The van der Waals surface area contributed by atoms with Crippen LogP contribution in [-0.2, 0) is 4.74 Å². The van der Waals surface area contributed by atoms with Gasteiger partial charge in [0.25, 0.3) is 0 Å². The lowest BCUT2D eigenvalue weighted by Crippen LogP contribution is -2.23. The summed E-state index contributed by atoms with van der Waals surface area (Å²) < 4.78 is 22.1. The molecule has 0 amide bonds. The number of benzene rings is 3. The topological polar surface area (TPSA) is 189 Å². The Morgan fingerprint density at radius 2 is 1.13 bits per heavy atom. The molecule has 1 atom stereocenters. The van der Waals surface area contributed by atoms with Crippen molar-refractivity contribution in [3.05, 3.63) is 67.3 Å². The fourth-order valence-corrected chi connectivity index (χ4v) is 4.99. The van der Waals surface area contributed by atoms with Gasteiger partial charge in [-0.15, -0.1) is 0 Å². The lowest BCUT2D eigenvalue weighted by Gasteiger charge is -2.22. The van der Waals surface area contributed by atoms with Gasteiger partial charge in [-0.05, 0) is 89.3 Å². The molecular formula is C33H38O12. The fourth-order valence-electron chi connectivity index (χ4n) is 4.99. The van der Waals surface area contributed by atoms with Gasteiger partial charge in [0.2, 0.25) is 0 Å². The average molecular weight is 627 g/mol. The maximum absolute atomic E-state index is 13.7. The third kappa shape index (κ3) is 6.38. The number of aliphatic hydroxyl groups excluding tert-OH is 2. The SMILES string of the molecule is COc1c(C)c(OC(=O)c2c(C)cc(O)c(C)c2O)c(C)c(C)c1C(=O)Oc1c(C)c(C)c(C(=O)OC[C@H](O)CO)c(O)c1C. The van der Waals surface area contributed by atoms with Gasteiger partial charge in [0.05, 0.1) is 13.7 Å². The van der Waals surface area contributed by atoms with Crippen LogP contribution >= 0.6 is 0 Å². The molecule has 0 aromatic heterocycles. The number of phenolic OH excluding ortho intramolecular Hbond substituents is 3. The second-order valence-corrected chi connectivity index (χ2v) is 10.8. The number of phenols is 3. The van der Waals surface area contributed by atoms with Crippen LogP contribution in [0.5, 0.6) is 34.5 Å². The summed E-state index contributed by atoms with van der Waals surface area (Å²) in [7, 11) is 1.33. The molecule has 0 aliphatic rings. The monoisotopic (exact) mass is 626 g/mol. The normalized spacial score (nSPS) is 11.6. The van der Waals surface area contributed by atoms with E-state index in [1.807, 2.05) is 0 Å². The lowest BCUT2D eigenvalue weighted by atomic mass is 9.95. The highest BCUT2D eigenvalue weighted by Gasteiger charge is 2.31. The van der Waals surface area contributed by atoms with Crippen molar-refractivity contribution in [1.29, 1.82) is 0 Å². The molecule has 0 radical (unpaired) electrons. The number of aromatic hydroxyl groups is 3. The highest BCUT2D eigenvalue weighted by molar-refractivity contribution is 6.00. The Labute approximate surface area is 260 Å². The van der Waals surface area contributed by atoms with Crippen LogP contribution in [0.3, 0.4) is 0 Å². The number of hydrogen-bond acceptors (Lipinski definition) is 12. The average Bonchev–Trinajstić information content (AvgIpc) is 2.99. The standard InChI is InChI=1S/C33H38O12/c1-13-10-22(36)18(6)26(37)23(13)32(40)45-29-17(5)15(3)25(30(42-9)20(29)8)33(41)44-28-16(4)14(2)24(27(38)19(28)7)31(39)43-12-21(35)11-34/h10,21,34-38H,11-12H2,1-9H3/t21-/m1/s1. The number of methoxy groups -OCH3 is 1. The zero-order chi connectivity index (χ0) is 34.1. The van der Waals surface area contributed by atoms with Gasteiger partial charge in [-0.1, -0.05) is 0 Å². The Hall–Kier alpha value is -4.81. The van der Waals surface area contributed by atoms with Crippen molar-refractivity contribution in [3.63, 3.8) is 0 Å². The van der Waals surface area contributed by atoms with Gasteiger partial charge >= 0.3 is 17.9 Å². The summed E-state index contributed by atoms with van der Waals surface area (Å²) in [5.41, 5.74) is 1.94. The third-order valence-corrected chi connectivity index (χ3v) is 7.94. The zero-order valence-electron chi connectivity index (χ0n) is 26.7. The van der Waals surface area contributed by atoms with Gasteiger partial charge < -0.3 is 44.5 Å². The van der Waals surface area contributed by atoms with E-state index in [0.29, 0.717) is 27.8 Å². The number of hydrogen-bond donors (Lipinski definition) is 5. The molecule has 0 spiro atoms. The molecule has 0 unspecified atom stereocenters. The van der Waals surface area contributed by atoms with Crippen molar-refractivity contribution in [1.82, 2.24) is 0 Å². The van der Waals surface area contributed by atoms with E-state index >= 15 is 0 Å². The minimum Gasteiger partial charge on any atom is -0.508 e. The highest BCUT2D eigenvalue weighted by Crippen LogP contribution is 2.42. The third-order valence-electron chi connectivity index (χ3n) is 7.94. The second-order valence-electron chi connectivity index (χ2n) is 10.8. The maximum atomic E-state index is 13.7. The Morgan fingerprint density at radius 1 is 0.644 bits per heavy atom. The number of rotatable bonds is 9. The maximum Gasteiger partial charge on any atom is 0.347 e. The molecule has 12 heteroatoms. The van der Waals surface area contributed by atoms with E-state index < -0.39 is 48.7 Å². The van der Waals surface area contributed by atoms with E-state index in [1.165, 1.54) is 33.9 Å². The van der Waals surface area contributed by atoms with Crippen LogP contribution in [0.2, 0.25) is 0 Å². The fraction of sp³-hybridized carbons (Fsp3) is 0.364. The summed E-state index contributed by atoms with van der Waals surface area (Å²) in [4.78, 5) is 39.6. The van der Waals surface area contributed by atoms with Crippen molar-refractivity contribution < 1.29 is 58.9 Å². The van der Waals surface area contributed by atoms with Crippen LogP contribution in [0.4, 0.5) is 0 Å². The summed E-state index contributed by atoms with van der Waals surface area (Å²) in [5, 5.41) is 49.9. The number of carbonyl (C=O) groups excluding carboxylic acids is 3. The Balaban J connectivity index is 2.04. The van der Waals surface area contributed by atoms with Crippen LogP contribution < -0.4 is 14.2 Å². The molecule has 0 aliphatic heterocycles. The number of esters is 3. The van der Waals surface area contributed by atoms with Gasteiger partial charge in [0.15, 0.2) is 0 Å². The van der Waals surface area contributed by atoms with Crippen LogP contribution in [-0.4, -0.2) is 69.9 Å². The van der Waals surface area contributed by atoms with E-state index in [-0.39, 0.29) is 56.4 Å². The summed E-state index contributed by atoms with van der Waals surface area (Å²) in [6.45, 7) is 11.3. The van der Waals surface area contributed by atoms with Crippen LogP contribution in [0.1, 0.15) is 75.6 Å². The molecule has 0 aliphatic carbocycles. The molecule has 0 heterocycles.